The second-order valence-electron chi connectivity index (χ2n) is 6.12. The van der Waals surface area contributed by atoms with Crippen LogP contribution in [0.5, 0.6) is 5.75 Å². The molecular weight excluding hydrogens is 349 g/mol. The molecule has 0 aliphatic carbocycles. The number of anilines is 2. The highest BCUT2D eigenvalue weighted by molar-refractivity contribution is 5.95. The Morgan fingerprint density at radius 2 is 1.74 bits per heavy atom. The Bertz CT molecular complexity index is 783. The average Bonchev–Trinajstić information content (AvgIpc) is 2.60. The van der Waals surface area contributed by atoms with Crippen molar-refractivity contribution in [3.05, 3.63) is 54.3 Å². The summed E-state index contributed by atoms with van der Waals surface area (Å²) in [6, 6.07) is 12.8. The van der Waals surface area contributed by atoms with Crippen LogP contribution < -0.4 is 15.4 Å². The van der Waals surface area contributed by atoms with Crippen LogP contribution >= 0.6 is 0 Å². The van der Waals surface area contributed by atoms with Crippen LogP contribution in [0, 0.1) is 5.82 Å². The predicted molar refractivity (Wildman–Crippen MR) is 103 cm³/mol. The first-order valence-electron chi connectivity index (χ1n) is 8.73. The first-order valence-corrected chi connectivity index (χ1v) is 8.73. The van der Waals surface area contributed by atoms with E-state index in [0.29, 0.717) is 23.7 Å². The Morgan fingerprint density at radius 1 is 1.04 bits per heavy atom. The second kappa shape index (κ2) is 10.3. The molecule has 0 spiro atoms. The Kier molecular flexibility index (Phi) is 7.76. The molecule has 0 unspecified atom stereocenters. The molecule has 0 radical (unpaired) electrons. The maximum absolute atomic E-state index is 13.1. The molecule has 6 nitrogen and oxygen atoms in total. The Hall–Kier alpha value is -2.93. The van der Waals surface area contributed by atoms with E-state index < -0.39 is 5.82 Å². The van der Waals surface area contributed by atoms with Gasteiger partial charge in [0.2, 0.25) is 11.8 Å². The van der Waals surface area contributed by atoms with Gasteiger partial charge in [0, 0.05) is 5.69 Å². The lowest BCUT2D eigenvalue weighted by Crippen LogP contribution is -2.36. The number of benzene rings is 2. The lowest BCUT2D eigenvalue weighted by atomic mass is 10.3. The number of nitrogens with one attached hydrogen (secondary N) is 2. The van der Waals surface area contributed by atoms with E-state index in [4.69, 9.17) is 4.74 Å². The van der Waals surface area contributed by atoms with E-state index in [1.165, 1.54) is 18.2 Å². The van der Waals surface area contributed by atoms with Gasteiger partial charge in [0.15, 0.2) is 0 Å². The summed E-state index contributed by atoms with van der Waals surface area (Å²) in [6.07, 6.45) is 0.867. The number of hydrogen-bond acceptors (Lipinski definition) is 4. The third kappa shape index (κ3) is 7.07. The molecule has 144 valence electrons. The van der Waals surface area contributed by atoms with E-state index >= 15 is 0 Å². The van der Waals surface area contributed by atoms with Crippen molar-refractivity contribution in [3.8, 4) is 5.75 Å². The van der Waals surface area contributed by atoms with Crippen LogP contribution in [0.1, 0.15) is 13.3 Å². The van der Waals surface area contributed by atoms with Gasteiger partial charge in [0.05, 0.1) is 25.4 Å². The van der Waals surface area contributed by atoms with E-state index in [-0.39, 0.29) is 24.9 Å². The molecule has 27 heavy (non-hydrogen) atoms. The van der Waals surface area contributed by atoms with Crippen LogP contribution in [-0.4, -0.2) is 43.5 Å². The number of carbonyl (C=O) groups is 2. The fourth-order valence-electron chi connectivity index (χ4n) is 2.41. The zero-order chi connectivity index (χ0) is 19.6. The van der Waals surface area contributed by atoms with Crippen molar-refractivity contribution >= 4 is 23.2 Å². The minimum Gasteiger partial charge on any atom is -0.491 e. The van der Waals surface area contributed by atoms with Gasteiger partial charge in [-0.25, -0.2) is 4.39 Å². The SMILES string of the molecule is CCCOc1ccccc1NC(=O)CN(C)CC(=O)Nc1cccc(F)c1. The molecule has 7 heteroatoms. The van der Waals surface area contributed by atoms with Gasteiger partial charge in [0.25, 0.3) is 0 Å². The molecule has 0 saturated carbocycles. The summed E-state index contributed by atoms with van der Waals surface area (Å²) in [4.78, 5) is 25.8. The Balaban J connectivity index is 1.84. The first-order chi connectivity index (χ1) is 13.0. The van der Waals surface area contributed by atoms with Crippen LogP contribution in [0.15, 0.2) is 48.5 Å². The molecule has 0 aliphatic heterocycles. The molecule has 0 atom stereocenters. The summed E-state index contributed by atoms with van der Waals surface area (Å²) >= 11 is 0. The number of para-hydroxylation sites is 2. The quantitative estimate of drug-likeness (QED) is 0.709. The topological polar surface area (TPSA) is 70.7 Å². The van der Waals surface area contributed by atoms with Crippen molar-refractivity contribution in [2.45, 2.75) is 13.3 Å². The molecule has 2 N–H and O–H groups in total. The van der Waals surface area contributed by atoms with Gasteiger partial charge in [0.1, 0.15) is 11.6 Å². The minimum absolute atomic E-state index is 0.00207. The molecule has 2 rings (SSSR count). The first kappa shape index (κ1) is 20.4. The van der Waals surface area contributed by atoms with Crippen molar-refractivity contribution in [2.75, 3.05) is 37.4 Å². The number of amides is 2. The van der Waals surface area contributed by atoms with Crippen LogP contribution in [0.25, 0.3) is 0 Å². The van der Waals surface area contributed by atoms with Gasteiger partial charge in [-0.05, 0) is 43.8 Å². The van der Waals surface area contributed by atoms with Crippen LogP contribution in [0.2, 0.25) is 0 Å². The fourth-order valence-corrected chi connectivity index (χ4v) is 2.41. The summed E-state index contributed by atoms with van der Waals surface area (Å²) in [7, 11) is 1.66. The van der Waals surface area contributed by atoms with Gasteiger partial charge in [-0.1, -0.05) is 25.1 Å². The van der Waals surface area contributed by atoms with Gasteiger partial charge >= 0.3 is 0 Å². The van der Waals surface area contributed by atoms with E-state index in [1.54, 1.807) is 30.1 Å². The number of likely N-dealkylation sites (N-methyl/N-ethyl adjacent to an activating group) is 1. The molecule has 2 aromatic rings. The maximum Gasteiger partial charge on any atom is 0.238 e. The van der Waals surface area contributed by atoms with Crippen LogP contribution in [-0.2, 0) is 9.59 Å². The predicted octanol–water partition coefficient (Wildman–Crippen LogP) is 3.12. The van der Waals surface area contributed by atoms with Crippen molar-refractivity contribution in [1.29, 1.82) is 0 Å². The molecule has 0 aliphatic rings. The van der Waals surface area contributed by atoms with Crippen LogP contribution in [0.3, 0.4) is 0 Å². The number of halogens is 1. The Labute approximate surface area is 158 Å². The lowest BCUT2D eigenvalue weighted by molar-refractivity contribution is -0.119. The average molecular weight is 373 g/mol. The normalized spacial score (nSPS) is 10.5. The van der Waals surface area contributed by atoms with Gasteiger partial charge in [-0.3, -0.25) is 14.5 Å². The second-order valence-corrected chi connectivity index (χ2v) is 6.12. The van der Waals surface area contributed by atoms with E-state index in [9.17, 15) is 14.0 Å². The highest BCUT2D eigenvalue weighted by Crippen LogP contribution is 2.23. The zero-order valence-corrected chi connectivity index (χ0v) is 15.5. The molecule has 0 fully saturated rings. The third-order valence-electron chi connectivity index (χ3n) is 3.56. The Morgan fingerprint density at radius 3 is 2.44 bits per heavy atom. The van der Waals surface area contributed by atoms with Gasteiger partial charge in [-0.15, -0.1) is 0 Å². The highest BCUT2D eigenvalue weighted by Gasteiger charge is 2.13. The molecule has 0 saturated heterocycles. The number of hydrogen-bond donors (Lipinski definition) is 2. The monoisotopic (exact) mass is 373 g/mol. The zero-order valence-electron chi connectivity index (χ0n) is 15.5. The van der Waals surface area contributed by atoms with Gasteiger partial charge < -0.3 is 15.4 Å². The van der Waals surface area contributed by atoms with E-state index in [2.05, 4.69) is 10.6 Å². The summed E-state index contributed by atoms with van der Waals surface area (Å²) < 4.78 is 18.8. The fraction of sp³-hybridized carbons (Fsp3) is 0.300. The number of ether oxygens (including phenoxy) is 1. The lowest BCUT2D eigenvalue weighted by Gasteiger charge is -2.17. The number of rotatable bonds is 9. The van der Waals surface area contributed by atoms with Gasteiger partial charge in [-0.2, -0.15) is 0 Å². The summed E-state index contributed by atoms with van der Waals surface area (Å²) in [6.45, 7) is 2.59. The minimum atomic E-state index is -0.426. The third-order valence-corrected chi connectivity index (χ3v) is 3.56. The molecule has 0 bridgehead atoms. The van der Waals surface area contributed by atoms with E-state index in [1.807, 2.05) is 19.1 Å². The summed E-state index contributed by atoms with van der Waals surface area (Å²) in [5.74, 6) is -0.408. The highest BCUT2D eigenvalue weighted by atomic mass is 19.1. The summed E-state index contributed by atoms with van der Waals surface area (Å²) in [5, 5.41) is 5.39. The molecule has 2 amide bonds. The van der Waals surface area contributed by atoms with E-state index in [0.717, 1.165) is 6.42 Å². The van der Waals surface area contributed by atoms with Crippen LogP contribution in [0.4, 0.5) is 15.8 Å². The van der Waals surface area contributed by atoms with Crippen molar-refractivity contribution < 1.29 is 18.7 Å². The van der Waals surface area contributed by atoms with Crippen molar-refractivity contribution in [2.24, 2.45) is 0 Å². The summed E-state index contributed by atoms with van der Waals surface area (Å²) in [5.41, 5.74) is 0.966. The number of nitrogens with zero attached hydrogens (tertiary/aromatic N) is 1. The maximum atomic E-state index is 13.1. The molecular formula is C20H24FN3O3. The number of carbonyl (C=O) groups excluding carboxylic acids is 2. The van der Waals surface area contributed by atoms with Crippen molar-refractivity contribution in [1.82, 2.24) is 4.90 Å². The molecule has 2 aromatic carbocycles. The smallest absolute Gasteiger partial charge is 0.238 e. The standard InChI is InChI=1S/C20H24FN3O3/c1-3-11-27-18-10-5-4-9-17(18)23-20(26)14-24(2)13-19(25)22-16-8-6-7-15(21)12-16/h4-10,12H,3,11,13-14H2,1-2H3,(H,22,25)(H,23,26). The van der Waals surface area contributed by atoms with Crippen molar-refractivity contribution in [3.63, 3.8) is 0 Å². The molecule has 0 heterocycles. The molecule has 0 aromatic heterocycles. The largest absolute Gasteiger partial charge is 0.491 e.